The highest BCUT2D eigenvalue weighted by Crippen LogP contribution is 2.29. The molecule has 1 aromatic carbocycles. The molecule has 0 aliphatic carbocycles. The van der Waals surface area contributed by atoms with Crippen LogP contribution in [0.4, 0.5) is 0 Å². The van der Waals surface area contributed by atoms with Crippen LogP contribution in [0.15, 0.2) is 18.2 Å². The Kier molecular flexibility index (Phi) is 4.67. The predicted octanol–water partition coefficient (Wildman–Crippen LogP) is 4.25. The number of phenolic OH excluding ortho intramolecular Hbond substituents is 1. The average Bonchev–Trinajstić information content (AvgIpc) is 2.27. The number of unbranched alkanes of at least 4 members (excludes halogenated alkanes) is 1. The quantitative estimate of drug-likeness (QED) is 0.763. The predicted molar refractivity (Wildman–Crippen MR) is 65.4 cm³/mol. The topological polar surface area (TPSA) is 20.2 Å². The Bertz CT molecular complexity index is 304. The van der Waals surface area contributed by atoms with Crippen LogP contribution in [0.2, 0.25) is 0 Å². The number of phenols is 1. The number of rotatable bonds is 5. The number of hydrogen-bond donors (Lipinski definition) is 1. The summed E-state index contributed by atoms with van der Waals surface area (Å²) in [6.07, 6.45) is 4.65. The summed E-state index contributed by atoms with van der Waals surface area (Å²) >= 11 is 0. The van der Waals surface area contributed by atoms with Crippen molar-refractivity contribution in [3.63, 3.8) is 0 Å². The van der Waals surface area contributed by atoms with E-state index in [9.17, 15) is 5.11 Å². The van der Waals surface area contributed by atoms with E-state index in [4.69, 9.17) is 0 Å². The highest BCUT2D eigenvalue weighted by atomic mass is 16.3. The van der Waals surface area contributed by atoms with E-state index >= 15 is 0 Å². The molecular formula is C14H22O. The molecular weight excluding hydrogens is 184 g/mol. The molecule has 0 bridgehead atoms. The Labute approximate surface area is 93.1 Å². The minimum absolute atomic E-state index is 0.449. The van der Waals surface area contributed by atoms with Crippen LogP contribution < -0.4 is 0 Å². The van der Waals surface area contributed by atoms with Gasteiger partial charge in [-0.2, -0.15) is 0 Å². The Morgan fingerprint density at radius 2 is 2.00 bits per heavy atom. The maximum atomic E-state index is 9.76. The molecule has 0 saturated carbocycles. The zero-order valence-corrected chi connectivity index (χ0v) is 10.1. The molecule has 0 heterocycles. The lowest BCUT2D eigenvalue weighted by Crippen LogP contribution is -1.94. The summed E-state index contributed by atoms with van der Waals surface area (Å²) in [5.41, 5.74) is 2.45. The third kappa shape index (κ3) is 3.26. The molecule has 1 unspecified atom stereocenters. The maximum Gasteiger partial charge on any atom is 0.119 e. The lowest BCUT2D eigenvalue weighted by Gasteiger charge is -2.12. The van der Waals surface area contributed by atoms with Crippen LogP contribution in [0.1, 0.15) is 57.1 Å². The normalized spacial score (nSPS) is 12.7. The van der Waals surface area contributed by atoms with E-state index in [0.29, 0.717) is 11.7 Å². The van der Waals surface area contributed by atoms with Crippen molar-refractivity contribution in [2.75, 3.05) is 0 Å². The second-order valence-electron chi connectivity index (χ2n) is 4.31. The van der Waals surface area contributed by atoms with Crippen molar-refractivity contribution in [3.05, 3.63) is 29.3 Å². The van der Waals surface area contributed by atoms with Gasteiger partial charge >= 0.3 is 0 Å². The molecule has 0 spiro atoms. The minimum atomic E-state index is 0.449. The van der Waals surface area contributed by atoms with Crippen LogP contribution in [-0.2, 0) is 6.42 Å². The molecule has 0 fully saturated rings. The summed E-state index contributed by atoms with van der Waals surface area (Å²) in [6.45, 7) is 6.53. The van der Waals surface area contributed by atoms with Gasteiger partial charge < -0.3 is 5.11 Å². The zero-order valence-electron chi connectivity index (χ0n) is 10.1. The second-order valence-corrected chi connectivity index (χ2v) is 4.31. The largest absolute Gasteiger partial charge is 0.508 e. The van der Waals surface area contributed by atoms with E-state index in [-0.39, 0.29) is 0 Å². The summed E-state index contributed by atoms with van der Waals surface area (Å²) in [5.74, 6) is 0.899. The van der Waals surface area contributed by atoms with Crippen molar-refractivity contribution < 1.29 is 5.11 Å². The summed E-state index contributed by atoms with van der Waals surface area (Å²) in [4.78, 5) is 0. The molecule has 84 valence electrons. The molecule has 0 aliphatic rings. The van der Waals surface area contributed by atoms with Gasteiger partial charge in [0.15, 0.2) is 0 Å². The van der Waals surface area contributed by atoms with E-state index in [0.717, 1.165) is 18.4 Å². The van der Waals surface area contributed by atoms with Crippen LogP contribution in [0.25, 0.3) is 0 Å². The van der Waals surface area contributed by atoms with Crippen LogP contribution in [-0.4, -0.2) is 5.11 Å². The molecule has 1 heteroatoms. The van der Waals surface area contributed by atoms with Crippen molar-refractivity contribution in [2.45, 2.75) is 52.4 Å². The highest BCUT2D eigenvalue weighted by molar-refractivity contribution is 5.38. The van der Waals surface area contributed by atoms with Crippen molar-refractivity contribution in [3.8, 4) is 5.75 Å². The average molecular weight is 206 g/mol. The molecule has 1 rings (SSSR count). The number of hydrogen-bond acceptors (Lipinski definition) is 1. The van der Waals surface area contributed by atoms with Gasteiger partial charge in [0.25, 0.3) is 0 Å². The summed E-state index contributed by atoms with van der Waals surface area (Å²) in [7, 11) is 0. The standard InChI is InChI=1S/C14H22O/c1-4-6-7-12-8-9-14(15)13(10-12)11(3)5-2/h8-11,15H,4-7H2,1-3H3. The fourth-order valence-electron chi connectivity index (χ4n) is 1.76. The van der Waals surface area contributed by atoms with Gasteiger partial charge in [-0.15, -0.1) is 0 Å². The first kappa shape index (κ1) is 12.1. The van der Waals surface area contributed by atoms with Crippen LogP contribution in [0.3, 0.4) is 0 Å². The molecule has 1 aromatic rings. The van der Waals surface area contributed by atoms with Gasteiger partial charge in [-0.3, -0.25) is 0 Å². The second kappa shape index (κ2) is 5.79. The van der Waals surface area contributed by atoms with Crippen molar-refractivity contribution in [2.24, 2.45) is 0 Å². The Hall–Kier alpha value is -0.980. The van der Waals surface area contributed by atoms with Crippen LogP contribution in [0.5, 0.6) is 5.75 Å². The molecule has 0 amide bonds. The first-order chi connectivity index (χ1) is 7.19. The van der Waals surface area contributed by atoms with Gasteiger partial charge in [0, 0.05) is 0 Å². The first-order valence-corrected chi connectivity index (χ1v) is 6.00. The first-order valence-electron chi connectivity index (χ1n) is 6.00. The fourth-order valence-corrected chi connectivity index (χ4v) is 1.76. The lowest BCUT2D eigenvalue weighted by atomic mass is 9.94. The third-order valence-corrected chi connectivity index (χ3v) is 3.05. The van der Waals surface area contributed by atoms with Crippen molar-refractivity contribution >= 4 is 0 Å². The minimum Gasteiger partial charge on any atom is -0.508 e. The van der Waals surface area contributed by atoms with E-state index in [2.05, 4.69) is 26.8 Å². The number of aryl methyl sites for hydroxylation is 1. The monoisotopic (exact) mass is 206 g/mol. The Balaban J connectivity index is 2.84. The lowest BCUT2D eigenvalue weighted by molar-refractivity contribution is 0.461. The zero-order chi connectivity index (χ0) is 11.3. The smallest absolute Gasteiger partial charge is 0.119 e. The maximum absolute atomic E-state index is 9.76. The summed E-state index contributed by atoms with van der Waals surface area (Å²) < 4.78 is 0. The van der Waals surface area contributed by atoms with Crippen LogP contribution in [0, 0.1) is 0 Å². The Morgan fingerprint density at radius 1 is 1.27 bits per heavy atom. The van der Waals surface area contributed by atoms with Gasteiger partial charge in [0.1, 0.15) is 5.75 Å². The van der Waals surface area contributed by atoms with Gasteiger partial charge in [0.05, 0.1) is 0 Å². The molecule has 0 aromatic heterocycles. The Morgan fingerprint density at radius 3 is 2.60 bits per heavy atom. The van der Waals surface area contributed by atoms with Gasteiger partial charge in [-0.1, -0.05) is 39.3 Å². The van der Waals surface area contributed by atoms with E-state index in [1.54, 1.807) is 0 Å². The van der Waals surface area contributed by atoms with Crippen molar-refractivity contribution in [1.82, 2.24) is 0 Å². The molecule has 0 saturated heterocycles. The molecule has 1 atom stereocenters. The fraction of sp³-hybridized carbons (Fsp3) is 0.571. The van der Waals surface area contributed by atoms with Gasteiger partial charge in [-0.05, 0) is 42.4 Å². The summed E-state index contributed by atoms with van der Waals surface area (Å²) in [6, 6.07) is 6.04. The molecule has 0 aliphatic heterocycles. The molecule has 1 nitrogen and oxygen atoms in total. The van der Waals surface area contributed by atoms with E-state index < -0.39 is 0 Å². The van der Waals surface area contributed by atoms with Crippen molar-refractivity contribution in [1.29, 1.82) is 0 Å². The number of benzene rings is 1. The van der Waals surface area contributed by atoms with Crippen LogP contribution >= 0.6 is 0 Å². The van der Waals surface area contributed by atoms with Gasteiger partial charge in [-0.25, -0.2) is 0 Å². The van der Waals surface area contributed by atoms with Gasteiger partial charge in [0.2, 0.25) is 0 Å². The molecule has 0 radical (unpaired) electrons. The highest BCUT2D eigenvalue weighted by Gasteiger charge is 2.08. The molecule has 1 N–H and O–H groups in total. The SMILES string of the molecule is CCCCc1ccc(O)c(C(C)CC)c1. The van der Waals surface area contributed by atoms with E-state index in [1.807, 2.05) is 12.1 Å². The number of aromatic hydroxyl groups is 1. The molecule has 15 heavy (non-hydrogen) atoms. The third-order valence-electron chi connectivity index (χ3n) is 3.05. The van der Waals surface area contributed by atoms with E-state index in [1.165, 1.54) is 18.4 Å². The summed E-state index contributed by atoms with van der Waals surface area (Å²) in [5, 5.41) is 9.76.